The lowest BCUT2D eigenvalue weighted by molar-refractivity contribution is -0.202. The van der Waals surface area contributed by atoms with Crippen molar-refractivity contribution in [3.8, 4) is 0 Å². The minimum atomic E-state index is -1.09. The molecule has 12 nitrogen and oxygen atoms in total. The number of carbonyl (C=O) groups is 4. The molecule has 0 aromatic heterocycles. The van der Waals surface area contributed by atoms with E-state index < -0.39 is 54.2 Å². The van der Waals surface area contributed by atoms with Crippen molar-refractivity contribution in [2.24, 2.45) is 5.41 Å². The first-order valence-corrected chi connectivity index (χ1v) is 13.9. The molecule has 4 aliphatic heterocycles. The van der Waals surface area contributed by atoms with Crippen LogP contribution in [0.5, 0.6) is 0 Å². The Hall–Kier alpha value is -2.76. The lowest BCUT2D eigenvalue weighted by Gasteiger charge is -2.47. The molecule has 0 aromatic rings. The molecular weight excluding hydrogens is 496 g/mol. The highest BCUT2D eigenvalue weighted by Gasteiger charge is 2.52. The second-order valence-electron chi connectivity index (χ2n) is 11.5. The van der Waals surface area contributed by atoms with Crippen LogP contribution in [-0.2, 0) is 23.7 Å². The summed E-state index contributed by atoms with van der Waals surface area (Å²) in [4.78, 5) is 56.3. The van der Waals surface area contributed by atoms with Crippen LogP contribution in [-0.4, -0.2) is 115 Å². The second kappa shape index (κ2) is 12.0. The average molecular weight is 539 g/mol. The van der Waals surface area contributed by atoms with Gasteiger partial charge in [-0.3, -0.25) is 4.79 Å². The zero-order chi connectivity index (χ0) is 27.4. The van der Waals surface area contributed by atoms with E-state index in [1.165, 1.54) is 0 Å². The molecule has 0 saturated carbocycles. The Kier molecular flexibility index (Phi) is 8.89. The van der Waals surface area contributed by atoms with Crippen molar-refractivity contribution in [3.05, 3.63) is 0 Å². The van der Waals surface area contributed by atoms with Crippen LogP contribution in [0.25, 0.3) is 0 Å². The molecule has 5 unspecified atom stereocenters. The SMILES string of the molecule is CCCC1OC(COC(=O)N2CCC2)C(OC(=O)N2CCC2)C(OC(=O)N2CCC2)C1NC(=O)C(C)(C)C. The molecule has 1 N–H and O–H groups in total. The number of rotatable bonds is 7. The monoisotopic (exact) mass is 538 g/mol. The Morgan fingerprint density at radius 1 is 0.789 bits per heavy atom. The van der Waals surface area contributed by atoms with Crippen molar-refractivity contribution in [3.63, 3.8) is 0 Å². The van der Waals surface area contributed by atoms with E-state index in [0.717, 1.165) is 25.7 Å². The zero-order valence-corrected chi connectivity index (χ0v) is 23.0. The van der Waals surface area contributed by atoms with Crippen molar-refractivity contribution in [1.29, 1.82) is 0 Å². The van der Waals surface area contributed by atoms with Crippen LogP contribution in [0, 0.1) is 5.41 Å². The molecule has 0 spiro atoms. The van der Waals surface area contributed by atoms with Crippen molar-refractivity contribution >= 4 is 24.2 Å². The molecule has 4 aliphatic rings. The lowest BCUT2D eigenvalue weighted by atomic mass is 9.88. The van der Waals surface area contributed by atoms with Gasteiger partial charge in [0.25, 0.3) is 0 Å². The topological polar surface area (TPSA) is 127 Å². The number of hydrogen-bond donors (Lipinski definition) is 1. The highest BCUT2D eigenvalue weighted by atomic mass is 16.6. The van der Waals surface area contributed by atoms with Gasteiger partial charge in [-0.15, -0.1) is 0 Å². The van der Waals surface area contributed by atoms with Gasteiger partial charge in [-0.1, -0.05) is 34.1 Å². The summed E-state index contributed by atoms with van der Waals surface area (Å²) in [5.74, 6) is -0.243. The van der Waals surface area contributed by atoms with Crippen LogP contribution in [0.3, 0.4) is 0 Å². The van der Waals surface area contributed by atoms with Crippen molar-refractivity contribution in [2.75, 3.05) is 45.9 Å². The molecule has 4 heterocycles. The van der Waals surface area contributed by atoms with Crippen molar-refractivity contribution in [1.82, 2.24) is 20.0 Å². The lowest BCUT2D eigenvalue weighted by Crippen LogP contribution is -2.68. The van der Waals surface area contributed by atoms with Gasteiger partial charge in [0.2, 0.25) is 5.91 Å². The molecule has 0 bridgehead atoms. The van der Waals surface area contributed by atoms with Gasteiger partial charge in [-0.2, -0.15) is 0 Å². The summed E-state index contributed by atoms with van der Waals surface area (Å²) in [6, 6.07) is -0.761. The molecule has 214 valence electrons. The predicted molar refractivity (Wildman–Crippen MR) is 135 cm³/mol. The first-order valence-electron chi connectivity index (χ1n) is 13.9. The molecular formula is C26H42N4O8. The summed E-state index contributed by atoms with van der Waals surface area (Å²) >= 11 is 0. The molecule has 4 rings (SSSR count). The fourth-order valence-electron chi connectivity index (χ4n) is 4.63. The van der Waals surface area contributed by atoms with Crippen LogP contribution in [0.15, 0.2) is 0 Å². The molecule has 12 heteroatoms. The molecule has 38 heavy (non-hydrogen) atoms. The number of hydrogen-bond acceptors (Lipinski definition) is 8. The van der Waals surface area contributed by atoms with E-state index in [1.54, 1.807) is 35.5 Å². The number of ether oxygens (including phenoxy) is 4. The van der Waals surface area contributed by atoms with Gasteiger partial charge in [-0.25, -0.2) is 14.4 Å². The quantitative estimate of drug-likeness (QED) is 0.490. The molecule has 4 amide bonds. The largest absolute Gasteiger partial charge is 0.446 e. The van der Waals surface area contributed by atoms with Crippen LogP contribution in [0.2, 0.25) is 0 Å². The van der Waals surface area contributed by atoms with E-state index in [1.807, 2.05) is 6.92 Å². The van der Waals surface area contributed by atoms with E-state index in [9.17, 15) is 19.2 Å². The maximum absolute atomic E-state index is 13.1. The van der Waals surface area contributed by atoms with Gasteiger partial charge >= 0.3 is 18.3 Å². The van der Waals surface area contributed by atoms with Crippen LogP contribution in [0.1, 0.15) is 59.8 Å². The highest BCUT2D eigenvalue weighted by Crippen LogP contribution is 2.31. The predicted octanol–water partition coefficient (Wildman–Crippen LogP) is 2.35. The molecule has 5 atom stereocenters. The first-order chi connectivity index (χ1) is 18.1. The number of carbonyl (C=O) groups excluding carboxylic acids is 4. The fourth-order valence-corrected chi connectivity index (χ4v) is 4.63. The van der Waals surface area contributed by atoms with E-state index in [0.29, 0.717) is 45.7 Å². The third-order valence-corrected chi connectivity index (χ3v) is 7.53. The fraction of sp³-hybridized carbons (Fsp3) is 0.846. The number of amides is 4. The smallest absolute Gasteiger partial charge is 0.410 e. The van der Waals surface area contributed by atoms with Crippen molar-refractivity contribution < 1.29 is 38.1 Å². The van der Waals surface area contributed by atoms with Gasteiger partial charge in [0.1, 0.15) is 12.7 Å². The minimum absolute atomic E-state index is 0.175. The molecule has 0 radical (unpaired) electrons. The van der Waals surface area contributed by atoms with Crippen LogP contribution >= 0.6 is 0 Å². The minimum Gasteiger partial charge on any atom is -0.446 e. The van der Waals surface area contributed by atoms with E-state index >= 15 is 0 Å². The first kappa shape index (κ1) is 28.3. The van der Waals surface area contributed by atoms with Gasteiger partial charge in [-0.05, 0) is 25.7 Å². The Balaban J connectivity index is 1.62. The molecule has 0 aliphatic carbocycles. The maximum atomic E-state index is 13.1. The van der Waals surface area contributed by atoms with E-state index in [-0.39, 0.29) is 12.5 Å². The summed E-state index contributed by atoms with van der Waals surface area (Å²) in [7, 11) is 0. The summed E-state index contributed by atoms with van der Waals surface area (Å²) in [5.41, 5.74) is -0.712. The summed E-state index contributed by atoms with van der Waals surface area (Å²) in [6.45, 7) is 10.8. The van der Waals surface area contributed by atoms with Gasteiger partial charge < -0.3 is 39.0 Å². The molecule has 4 saturated heterocycles. The Bertz CT molecular complexity index is 881. The van der Waals surface area contributed by atoms with Crippen LogP contribution in [0.4, 0.5) is 14.4 Å². The number of nitrogens with one attached hydrogen (secondary N) is 1. The Morgan fingerprint density at radius 3 is 1.74 bits per heavy atom. The third kappa shape index (κ3) is 6.44. The van der Waals surface area contributed by atoms with Crippen LogP contribution < -0.4 is 5.32 Å². The maximum Gasteiger partial charge on any atom is 0.410 e. The normalized spacial score (nSPS) is 28.8. The third-order valence-electron chi connectivity index (χ3n) is 7.53. The highest BCUT2D eigenvalue weighted by molar-refractivity contribution is 5.82. The van der Waals surface area contributed by atoms with Gasteiger partial charge in [0.05, 0.1) is 12.1 Å². The van der Waals surface area contributed by atoms with E-state index in [2.05, 4.69) is 5.32 Å². The number of nitrogens with zero attached hydrogens (tertiary/aromatic N) is 3. The summed E-state index contributed by atoms with van der Waals surface area (Å²) in [5, 5.41) is 3.03. The van der Waals surface area contributed by atoms with Gasteiger partial charge in [0.15, 0.2) is 12.2 Å². The van der Waals surface area contributed by atoms with Crippen molar-refractivity contribution in [2.45, 2.75) is 90.3 Å². The second-order valence-corrected chi connectivity index (χ2v) is 11.5. The van der Waals surface area contributed by atoms with Gasteiger partial charge in [0, 0.05) is 44.7 Å². The Labute approximate surface area is 224 Å². The van der Waals surface area contributed by atoms with E-state index in [4.69, 9.17) is 18.9 Å². The average Bonchev–Trinajstić information content (AvgIpc) is 2.72. The number of likely N-dealkylation sites (tertiary alicyclic amines) is 3. The standard InChI is InChI=1S/C26H42N4O8/c1-5-9-17-19(27-22(31)26(2,3)4)21(38-25(34)30-14-8-15-30)20(37-24(33)29-12-7-13-29)18(36-17)16-35-23(32)28-10-6-11-28/h17-21H,5-16H2,1-4H3,(H,27,31). The molecule has 4 fully saturated rings. The molecule has 0 aromatic carbocycles. The summed E-state index contributed by atoms with van der Waals surface area (Å²) in [6.07, 6.45) is -1.12. The zero-order valence-electron chi connectivity index (χ0n) is 23.0. The summed E-state index contributed by atoms with van der Waals surface area (Å²) < 4.78 is 23.9. The Morgan fingerprint density at radius 2 is 1.29 bits per heavy atom.